The van der Waals surface area contributed by atoms with Crippen molar-refractivity contribution in [2.75, 3.05) is 4.90 Å². The quantitative estimate of drug-likeness (QED) is 0.167. The summed E-state index contributed by atoms with van der Waals surface area (Å²) in [6.45, 7) is 0. The molecule has 0 aliphatic carbocycles. The Morgan fingerprint density at radius 3 is 1.66 bits per heavy atom. The van der Waals surface area contributed by atoms with Crippen LogP contribution in [-0.2, 0) is 0 Å². The smallest absolute Gasteiger partial charge is 0.0547 e. The lowest BCUT2D eigenvalue weighted by molar-refractivity contribution is 1.29. The van der Waals surface area contributed by atoms with E-state index in [9.17, 15) is 0 Å². The van der Waals surface area contributed by atoms with Gasteiger partial charge in [-0.05, 0) is 80.0 Å². The van der Waals surface area contributed by atoms with Crippen LogP contribution in [0.2, 0.25) is 0 Å². The minimum atomic E-state index is 1.12. The second kappa shape index (κ2) is 11.7. The van der Waals surface area contributed by atoms with E-state index in [1.54, 1.807) is 0 Å². The van der Waals surface area contributed by atoms with Gasteiger partial charge in [0, 0.05) is 42.5 Å². The molecule has 10 rings (SSSR count). The monoisotopic (exact) mass is 653 g/mol. The third kappa shape index (κ3) is 4.69. The maximum atomic E-state index is 2.46. The van der Waals surface area contributed by atoms with E-state index in [0.29, 0.717) is 0 Å². The summed E-state index contributed by atoms with van der Waals surface area (Å²) in [6, 6.07) is 68.7. The molecule has 0 fully saturated rings. The molecule has 2 heteroatoms. The van der Waals surface area contributed by atoms with Crippen LogP contribution in [0.1, 0.15) is 0 Å². The van der Waals surface area contributed by atoms with E-state index in [0.717, 1.165) is 17.1 Å². The van der Waals surface area contributed by atoms with Gasteiger partial charge in [-0.2, -0.15) is 0 Å². The summed E-state index contributed by atoms with van der Waals surface area (Å²) in [5.74, 6) is 0. The van der Waals surface area contributed by atoms with Crippen molar-refractivity contribution in [3.8, 4) is 22.3 Å². The van der Waals surface area contributed by atoms with E-state index in [1.807, 2.05) is 11.3 Å². The SMILES string of the molecule is c1ccc(-c2ccc(N(c3ccc4ccccc4c3)c3cc4c(cc3-c3ccccc3)sc3c5ccccc5c5ccccc5c43)cc2)cc1. The van der Waals surface area contributed by atoms with Gasteiger partial charge in [-0.25, -0.2) is 0 Å². The molecule has 0 radical (unpaired) electrons. The fourth-order valence-corrected chi connectivity index (χ4v) is 8.93. The number of fused-ring (bicyclic) bond motifs is 9. The van der Waals surface area contributed by atoms with Crippen LogP contribution < -0.4 is 4.90 Å². The molecule has 0 saturated carbocycles. The van der Waals surface area contributed by atoms with Crippen molar-refractivity contribution in [2.45, 2.75) is 0 Å². The van der Waals surface area contributed by atoms with Gasteiger partial charge in [0.25, 0.3) is 0 Å². The van der Waals surface area contributed by atoms with Gasteiger partial charge in [0.15, 0.2) is 0 Å². The average molecular weight is 654 g/mol. The van der Waals surface area contributed by atoms with Gasteiger partial charge in [-0.1, -0.05) is 152 Å². The van der Waals surface area contributed by atoms with Crippen LogP contribution in [0.4, 0.5) is 17.1 Å². The molecule has 1 nitrogen and oxygen atoms in total. The Kier molecular flexibility index (Phi) is 6.75. The van der Waals surface area contributed by atoms with Crippen molar-refractivity contribution in [3.63, 3.8) is 0 Å². The number of benzene rings is 9. The lowest BCUT2D eigenvalue weighted by Gasteiger charge is -2.29. The summed E-state index contributed by atoms with van der Waals surface area (Å²) in [7, 11) is 0. The fourth-order valence-electron chi connectivity index (χ4n) is 7.65. The van der Waals surface area contributed by atoms with E-state index in [1.165, 1.54) is 74.7 Å². The van der Waals surface area contributed by atoms with Gasteiger partial charge < -0.3 is 4.90 Å². The van der Waals surface area contributed by atoms with Crippen LogP contribution in [0.3, 0.4) is 0 Å². The van der Waals surface area contributed by atoms with Gasteiger partial charge >= 0.3 is 0 Å². The Morgan fingerprint density at radius 2 is 0.920 bits per heavy atom. The molecule has 0 spiro atoms. The summed E-state index contributed by atoms with van der Waals surface area (Å²) in [6.07, 6.45) is 0. The Labute approximate surface area is 294 Å². The Morgan fingerprint density at radius 1 is 0.360 bits per heavy atom. The topological polar surface area (TPSA) is 3.24 Å². The van der Waals surface area contributed by atoms with E-state index >= 15 is 0 Å². The predicted octanol–water partition coefficient (Wildman–Crippen LogP) is 14.3. The molecule has 50 heavy (non-hydrogen) atoms. The molecule has 10 aromatic rings. The van der Waals surface area contributed by atoms with E-state index in [-0.39, 0.29) is 0 Å². The standard InChI is InChI=1S/C48H31NS/c1-3-13-32(14-4-1)34-23-26-37(27-24-34)49(38-28-25-33-15-7-8-18-36(33)29-38)45-30-44-46(31-43(45)35-16-5-2-6-17-35)50-48-42-22-12-10-20-40(42)39-19-9-11-21-41(39)47(44)48/h1-31H. The summed E-state index contributed by atoms with van der Waals surface area (Å²) < 4.78 is 2.64. The number of hydrogen-bond donors (Lipinski definition) is 0. The van der Waals surface area contributed by atoms with Crippen LogP contribution in [0.25, 0.3) is 74.7 Å². The fraction of sp³-hybridized carbons (Fsp3) is 0. The molecule has 0 saturated heterocycles. The van der Waals surface area contributed by atoms with Crippen LogP contribution in [0, 0.1) is 0 Å². The number of rotatable bonds is 5. The lowest BCUT2D eigenvalue weighted by atomic mass is 9.95. The van der Waals surface area contributed by atoms with Crippen molar-refractivity contribution in [1.82, 2.24) is 0 Å². The third-order valence-corrected chi connectivity index (χ3v) is 11.2. The van der Waals surface area contributed by atoms with Crippen molar-refractivity contribution in [2.24, 2.45) is 0 Å². The average Bonchev–Trinajstić information content (AvgIpc) is 3.58. The first-order valence-corrected chi connectivity index (χ1v) is 17.9. The molecular weight excluding hydrogens is 623 g/mol. The number of nitrogens with zero attached hydrogens (tertiary/aromatic N) is 1. The zero-order valence-electron chi connectivity index (χ0n) is 27.3. The highest BCUT2D eigenvalue weighted by Gasteiger charge is 2.22. The highest BCUT2D eigenvalue weighted by molar-refractivity contribution is 7.27. The summed E-state index contributed by atoms with van der Waals surface area (Å²) in [4.78, 5) is 2.45. The van der Waals surface area contributed by atoms with E-state index in [2.05, 4.69) is 193 Å². The van der Waals surface area contributed by atoms with E-state index in [4.69, 9.17) is 0 Å². The van der Waals surface area contributed by atoms with E-state index < -0.39 is 0 Å². The molecule has 0 unspecified atom stereocenters. The summed E-state index contributed by atoms with van der Waals surface area (Å²) in [5, 5.41) is 10.3. The van der Waals surface area contributed by atoms with Gasteiger partial charge in [0.05, 0.1) is 5.69 Å². The second-order valence-corrected chi connectivity index (χ2v) is 14.0. The molecule has 0 aliphatic rings. The third-order valence-electron chi connectivity index (χ3n) is 10.0. The van der Waals surface area contributed by atoms with Gasteiger partial charge in [-0.15, -0.1) is 11.3 Å². The first kappa shape index (κ1) is 28.8. The molecule has 0 atom stereocenters. The Bertz CT molecular complexity index is 2850. The molecule has 0 aliphatic heterocycles. The van der Waals surface area contributed by atoms with Crippen LogP contribution in [0.15, 0.2) is 188 Å². The first-order chi connectivity index (χ1) is 24.8. The van der Waals surface area contributed by atoms with Crippen molar-refractivity contribution in [1.29, 1.82) is 0 Å². The molecule has 1 aromatic heterocycles. The van der Waals surface area contributed by atoms with Crippen molar-refractivity contribution >= 4 is 80.9 Å². The highest BCUT2D eigenvalue weighted by Crippen LogP contribution is 2.49. The zero-order valence-corrected chi connectivity index (χ0v) is 28.1. The lowest BCUT2D eigenvalue weighted by Crippen LogP contribution is -2.11. The molecular formula is C48H31NS. The molecule has 9 aromatic carbocycles. The normalized spacial score (nSPS) is 11.6. The predicted molar refractivity (Wildman–Crippen MR) is 217 cm³/mol. The summed E-state index contributed by atoms with van der Waals surface area (Å²) >= 11 is 1.91. The van der Waals surface area contributed by atoms with Crippen molar-refractivity contribution in [3.05, 3.63) is 188 Å². The Hall–Kier alpha value is -6.22. The number of hydrogen-bond acceptors (Lipinski definition) is 2. The van der Waals surface area contributed by atoms with Crippen LogP contribution in [0.5, 0.6) is 0 Å². The minimum absolute atomic E-state index is 1.12. The highest BCUT2D eigenvalue weighted by atomic mass is 32.1. The molecule has 0 amide bonds. The number of anilines is 3. The maximum absolute atomic E-state index is 2.46. The Balaban J connectivity index is 1.30. The van der Waals surface area contributed by atoms with Gasteiger partial charge in [0.1, 0.15) is 0 Å². The van der Waals surface area contributed by atoms with Gasteiger partial charge in [-0.3, -0.25) is 0 Å². The molecule has 0 bridgehead atoms. The minimum Gasteiger partial charge on any atom is -0.310 e. The summed E-state index contributed by atoms with van der Waals surface area (Å²) in [5.41, 5.74) is 8.22. The zero-order chi connectivity index (χ0) is 33.0. The molecule has 0 N–H and O–H groups in total. The second-order valence-electron chi connectivity index (χ2n) is 12.9. The van der Waals surface area contributed by atoms with Crippen LogP contribution >= 0.6 is 11.3 Å². The largest absolute Gasteiger partial charge is 0.310 e. The first-order valence-electron chi connectivity index (χ1n) is 17.1. The van der Waals surface area contributed by atoms with Gasteiger partial charge in [0.2, 0.25) is 0 Å². The maximum Gasteiger partial charge on any atom is 0.0547 e. The van der Waals surface area contributed by atoms with Crippen LogP contribution in [-0.4, -0.2) is 0 Å². The van der Waals surface area contributed by atoms with Crippen molar-refractivity contribution < 1.29 is 0 Å². The number of thiophene rings is 1. The molecule has 1 heterocycles. The molecule has 234 valence electrons.